The van der Waals surface area contributed by atoms with Gasteiger partial charge in [-0.3, -0.25) is 9.97 Å². The summed E-state index contributed by atoms with van der Waals surface area (Å²) in [6.07, 6.45) is 7.35. The number of rotatable bonds is 3. The van der Waals surface area contributed by atoms with Gasteiger partial charge in [0.05, 0.1) is 32.8 Å². The zero-order valence-electron chi connectivity index (χ0n) is 22.4. The minimum Gasteiger partial charge on any atom is -0.308 e. The fourth-order valence-corrected chi connectivity index (χ4v) is 7.62. The molecule has 4 aromatic carbocycles. The van der Waals surface area contributed by atoms with Crippen molar-refractivity contribution in [2.24, 2.45) is 0 Å². The Bertz CT molecular complexity index is 2400. The first-order chi connectivity index (χ1) is 20.8. The summed E-state index contributed by atoms with van der Waals surface area (Å²) in [7, 11) is 0. The molecule has 0 bridgehead atoms. The van der Waals surface area contributed by atoms with Gasteiger partial charge in [0.15, 0.2) is 0 Å². The molecule has 0 atom stereocenters. The smallest absolute Gasteiger partial charge is 0.0745 e. The molecule has 9 aromatic rings. The normalized spacial score (nSPS) is 11.8. The number of pyridine rings is 3. The van der Waals surface area contributed by atoms with Crippen molar-refractivity contribution in [2.45, 2.75) is 0 Å². The number of nitrogens with zero attached hydrogens (tertiary/aromatic N) is 4. The molecule has 0 radical (unpaired) electrons. The Morgan fingerprint density at radius 2 is 1.14 bits per heavy atom. The van der Waals surface area contributed by atoms with E-state index in [0.29, 0.717) is 0 Å². The van der Waals surface area contributed by atoms with Crippen LogP contribution < -0.4 is 0 Å². The number of para-hydroxylation sites is 1. The van der Waals surface area contributed by atoms with Crippen molar-refractivity contribution in [3.8, 4) is 28.2 Å². The molecule has 5 aromatic heterocycles. The van der Waals surface area contributed by atoms with E-state index in [2.05, 4.69) is 112 Å². The fraction of sp³-hybridized carbons (Fsp3) is 0. The van der Waals surface area contributed by atoms with Crippen molar-refractivity contribution in [3.05, 3.63) is 134 Å². The summed E-state index contributed by atoms with van der Waals surface area (Å²) in [6, 6.07) is 38.8. The number of hydrogen-bond acceptors (Lipinski definition) is 4. The topological polar surface area (TPSA) is 43.6 Å². The lowest BCUT2D eigenvalue weighted by Crippen LogP contribution is -1.99. The minimum absolute atomic E-state index is 0.874. The van der Waals surface area contributed by atoms with Crippen LogP contribution >= 0.6 is 11.3 Å². The van der Waals surface area contributed by atoms with Gasteiger partial charge in [-0.2, -0.15) is 0 Å². The molecule has 0 aliphatic carbocycles. The standard InChI is InChI=1S/C37H22N4S/c1-2-12-27-26(11-1)34-28-13-3-5-15-32(28)41(36(34)37-35(27)29-14-4-6-16-33(29)42-37)25-19-30(23-9-7-17-38-21-23)40-31(20-25)24-10-8-18-39-22-24/h1-22H. The van der Waals surface area contributed by atoms with Crippen LogP contribution in [0.3, 0.4) is 0 Å². The van der Waals surface area contributed by atoms with Gasteiger partial charge in [-0.25, -0.2) is 4.98 Å². The summed E-state index contributed by atoms with van der Waals surface area (Å²) >= 11 is 1.87. The minimum atomic E-state index is 0.874. The maximum absolute atomic E-state index is 5.10. The second kappa shape index (κ2) is 9.06. The summed E-state index contributed by atoms with van der Waals surface area (Å²) in [5.41, 5.74) is 7.15. The summed E-state index contributed by atoms with van der Waals surface area (Å²) in [5.74, 6) is 0. The third-order valence-electron chi connectivity index (χ3n) is 8.13. The molecule has 0 amide bonds. The van der Waals surface area contributed by atoms with E-state index >= 15 is 0 Å². The highest BCUT2D eigenvalue weighted by atomic mass is 32.1. The largest absolute Gasteiger partial charge is 0.308 e. The molecule has 9 rings (SSSR count). The second-order valence-electron chi connectivity index (χ2n) is 10.5. The molecule has 196 valence electrons. The number of aromatic nitrogens is 4. The molecule has 0 saturated carbocycles. The van der Waals surface area contributed by atoms with E-state index < -0.39 is 0 Å². The Morgan fingerprint density at radius 3 is 1.81 bits per heavy atom. The van der Waals surface area contributed by atoms with Gasteiger partial charge in [-0.05, 0) is 59.3 Å². The zero-order valence-corrected chi connectivity index (χ0v) is 23.2. The van der Waals surface area contributed by atoms with Crippen LogP contribution in [0.4, 0.5) is 0 Å². The fourth-order valence-electron chi connectivity index (χ4n) is 6.36. The molecule has 0 fully saturated rings. The first-order valence-corrected chi connectivity index (χ1v) is 14.8. The van der Waals surface area contributed by atoms with E-state index in [9.17, 15) is 0 Å². The monoisotopic (exact) mass is 554 g/mol. The van der Waals surface area contributed by atoms with E-state index in [-0.39, 0.29) is 0 Å². The van der Waals surface area contributed by atoms with Crippen molar-refractivity contribution in [1.82, 2.24) is 19.5 Å². The maximum Gasteiger partial charge on any atom is 0.0745 e. The Labute approximate surface area is 245 Å². The molecule has 0 spiro atoms. The Hall–Kier alpha value is -5.39. The molecule has 5 heterocycles. The van der Waals surface area contributed by atoms with Gasteiger partial charge >= 0.3 is 0 Å². The third kappa shape index (κ3) is 3.38. The lowest BCUT2D eigenvalue weighted by molar-refractivity contribution is 1.16. The van der Waals surface area contributed by atoms with Crippen LogP contribution in [0.15, 0.2) is 134 Å². The molecule has 0 unspecified atom stereocenters. The van der Waals surface area contributed by atoms with Gasteiger partial charge in [0.1, 0.15) is 0 Å². The average Bonchev–Trinajstić information content (AvgIpc) is 3.62. The van der Waals surface area contributed by atoms with Crippen molar-refractivity contribution in [3.63, 3.8) is 0 Å². The predicted molar refractivity (Wildman–Crippen MR) is 175 cm³/mol. The lowest BCUT2D eigenvalue weighted by Gasteiger charge is -2.14. The SMILES string of the molecule is c1cncc(-c2cc(-n3c4ccccc4c4c5ccccc5c5c6ccccc6sc5c43)cc(-c3cccnc3)n2)c1. The van der Waals surface area contributed by atoms with Crippen LogP contribution in [0.25, 0.3) is 81.0 Å². The van der Waals surface area contributed by atoms with Crippen LogP contribution in [0.2, 0.25) is 0 Å². The van der Waals surface area contributed by atoms with Gasteiger partial charge in [0.2, 0.25) is 0 Å². The van der Waals surface area contributed by atoms with Crippen molar-refractivity contribution >= 4 is 64.1 Å². The van der Waals surface area contributed by atoms with Crippen molar-refractivity contribution in [1.29, 1.82) is 0 Å². The van der Waals surface area contributed by atoms with Crippen LogP contribution in [-0.4, -0.2) is 19.5 Å². The third-order valence-corrected chi connectivity index (χ3v) is 9.31. The van der Waals surface area contributed by atoms with Crippen LogP contribution in [0.1, 0.15) is 0 Å². The predicted octanol–water partition coefficient (Wildman–Crippen LogP) is 9.82. The van der Waals surface area contributed by atoms with Gasteiger partial charge in [0, 0.05) is 62.2 Å². The first kappa shape index (κ1) is 23.3. The number of fused-ring (bicyclic) bond motifs is 10. The van der Waals surface area contributed by atoms with Gasteiger partial charge < -0.3 is 4.57 Å². The molecule has 0 N–H and O–H groups in total. The molecule has 5 heteroatoms. The quantitative estimate of drug-likeness (QED) is 0.218. The Kier molecular flexibility index (Phi) is 5.03. The molecule has 0 aliphatic heterocycles. The van der Waals surface area contributed by atoms with E-state index in [1.54, 1.807) is 12.4 Å². The van der Waals surface area contributed by atoms with Crippen molar-refractivity contribution in [2.75, 3.05) is 0 Å². The zero-order chi connectivity index (χ0) is 27.6. The summed E-state index contributed by atoms with van der Waals surface area (Å²) < 4.78 is 5.03. The Morgan fingerprint density at radius 1 is 0.548 bits per heavy atom. The summed E-state index contributed by atoms with van der Waals surface area (Å²) in [4.78, 5) is 13.9. The number of benzene rings is 4. The molecule has 0 aliphatic rings. The van der Waals surface area contributed by atoms with Gasteiger partial charge in [0.25, 0.3) is 0 Å². The maximum atomic E-state index is 5.10. The average molecular weight is 555 g/mol. The summed E-state index contributed by atoms with van der Waals surface area (Å²) in [6.45, 7) is 0. The molecule has 0 saturated heterocycles. The highest BCUT2D eigenvalue weighted by molar-refractivity contribution is 7.27. The van der Waals surface area contributed by atoms with Crippen LogP contribution in [0.5, 0.6) is 0 Å². The van der Waals surface area contributed by atoms with E-state index in [1.165, 1.54) is 52.8 Å². The van der Waals surface area contributed by atoms with Gasteiger partial charge in [-0.15, -0.1) is 11.3 Å². The number of hydrogen-bond donors (Lipinski definition) is 0. The van der Waals surface area contributed by atoms with Crippen LogP contribution in [-0.2, 0) is 0 Å². The Balaban J connectivity index is 1.50. The number of thiophene rings is 1. The van der Waals surface area contributed by atoms with E-state index in [0.717, 1.165) is 28.2 Å². The molecular formula is C37H22N4S. The molecule has 4 nitrogen and oxygen atoms in total. The highest BCUT2D eigenvalue weighted by Crippen LogP contribution is 2.48. The second-order valence-corrected chi connectivity index (χ2v) is 11.6. The molecular weight excluding hydrogens is 533 g/mol. The summed E-state index contributed by atoms with van der Waals surface area (Å²) in [5, 5.41) is 7.70. The van der Waals surface area contributed by atoms with Crippen molar-refractivity contribution < 1.29 is 0 Å². The van der Waals surface area contributed by atoms with Crippen LogP contribution in [0, 0.1) is 0 Å². The first-order valence-electron chi connectivity index (χ1n) is 13.9. The van der Waals surface area contributed by atoms with E-state index in [4.69, 9.17) is 4.98 Å². The van der Waals surface area contributed by atoms with Gasteiger partial charge in [-0.1, -0.05) is 60.7 Å². The molecule has 42 heavy (non-hydrogen) atoms. The lowest BCUT2D eigenvalue weighted by atomic mass is 9.99. The van der Waals surface area contributed by atoms with E-state index in [1.807, 2.05) is 35.9 Å². The highest BCUT2D eigenvalue weighted by Gasteiger charge is 2.22.